The van der Waals surface area contributed by atoms with Crippen LogP contribution in [-0.4, -0.2) is 50.4 Å². The van der Waals surface area contributed by atoms with Gasteiger partial charge in [-0.1, -0.05) is 36.1 Å². The molecule has 7 nitrogen and oxygen atoms in total. The van der Waals surface area contributed by atoms with Crippen molar-refractivity contribution in [3.05, 3.63) is 34.7 Å². The summed E-state index contributed by atoms with van der Waals surface area (Å²) < 4.78 is 5.16. The maximum absolute atomic E-state index is 12.5. The van der Waals surface area contributed by atoms with E-state index in [9.17, 15) is 19.5 Å². The molecule has 1 unspecified atom stereocenters. The normalized spacial score (nSPS) is 17.0. The van der Waals surface area contributed by atoms with Crippen molar-refractivity contribution in [2.24, 2.45) is 0 Å². The van der Waals surface area contributed by atoms with Crippen LogP contribution in [-0.2, 0) is 14.4 Å². The van der Waals surface area contributed by atoms with E-state index in [4.69, 9.17) is 22.1 Å². The van der Waals surface area contributed by atoms with Gasteiger partial charge >= 0.3 is 11.9 Å². The summed E-state index contributed by atoms with van der Waals surface area (Å²) in [6.07, 6.45) is 1.02. The number of carboxylic acids is 2. The summed E-state index contributed by atoms with van der Waals surface area (Å²) in [5, 5.41) is 18.1. The monoisotopic (exact) mass is 381 g/mol. The Kier molecular flexibility index (Phi) is 6.16. The van der Waals surface area contributed by atoms with Crippen molar-refractivity contribution in [3.8, 4) is 5.75 Å². The SMILES string of the molecule is COc1ccc(/C=C2/SC(=S)N(C(CCC(=O)O)C(=O)O)C2=O)cc1. The molecule has 0 radical (unpaired) electrons. The molecule has 0 spiro atoms. The van der Waals surface area contributed by atoms with E-state index in [0.717, 1.165) is 22.2 Å². The highest BCUT2D eigenvalue weighted by atomic mass is 32.2. The van der Waals surface area contributed by atoms with Crippen LogP contribution in [0.3, 0.4) is 0 Å². The number of hydrogen-bond acceptors (Lipinski definition) is 6. The second-order valence-corrected chi connectivity index (χ2v) is 6.79. The topological polar surface area (TPSA) is 104 Å². The number of carboxylic acid groups (broad SMARTS) is 2. The zero-order valence-corrected chi connectivity index (χ0v) is 14.8. The molecule has 1 atom stereocenters. The van der Waals surface area contributed by atoms with Crippen LogP contribution in [0.2, 0.25) is 0 Å². The molecule has 1 aromatic rings. The Morgan fingerprint density at radius 1 is 1.32 bits per heavy atom. The highest BCUT2D eigenvalue weighted by Crippen LogP contribution is 2.35. The maximum Gasteiger partial charge on any atom is 0.326 e. The summed E-state index contributed by atoms with van der Waals surface area (Å²) in [4.78, 5) is 36.0. The smallest absolute Gasteiger partial charge is 0.326 e. The molecule has 0 bridgehead atoms. The first kappa shape index (κ1) is 18.9. The number of benzene rings is 1. The first-order chi connectivity index (χ1) is 11.8. The first-order valence-corrected chi connectivity index (χ1v) is 8.41. The zero-order chi connectivity index (χ0) is 18.6. The molecule has 1 fully saturated rings. The summed E-state index contributed by atoms with van der Waals surface area (Å²) in [5.41, 5.74) is 0.735. The average Bonchev–Trinajstić information content (AvgIpc) is 2.83. The van der Waals surface area contributed by atoms with Gasteiger partial charge in [0.15, 0.2) is 0 Å². The van der Waals surface area contributed by atoms with E-state index in [1.807, 2.05) is 0 Å². The van der Waals surface area contributed by atoms with Crippen molar-refractivity contribution in [3.63, 3.8) is 0 Å². The van der Waals surface area contributed by atoms with Gasteiger partial charge in [0.2, 0.25) is 0 Å². The van der Waals surface area contributed by atoms with Gasteiger partial charge in [-0.25, -0.2) is 4.79 Å². The number of thiocarbonyl (C=S) groups is 1. The van der Waals surface area contributed by atoms with Gasteiger partial charge in [0.25, 0.3) is 5.91 Å². The third-order valence-corrected chi connectivity index (χ3v) is 4.80. The number of carbonyl (C=O) groups excluding carboxylic acids is 1. The van der Waals surface area contributed by atoms with E-state index in [1.54, 1.807) is 37.5 Å². The third-order valence-electron chi connectivity index (χ3n) is 3.47. The second kappa shape index (κ2) is 8.13. The van der Waals surface area contributed by atoms with Crippen molar-refractivity contribution in [2.75, 3.05) is 7.11 Å². The summed E-state index contributed by atoms with van der Waals surface area (Å²) in [7, 11) is 1.54. The van der Waals surface area contributed by atoms with Gasteiger partial charge in [-0.05, 0) is 30.2 Å². The van der Waals surface area contributed by atoms with Gasteiger partial charge in [0, 0.05) is 6.42 Å². The Labute approximate surface area is 153 Å². The Morgan fingerprint density at radius 3 is 2.48 bits per heavy atom. The molecule has 25 heavy (non-hydrogen) atoms. The van der Waals surface area contributed by atoms with E-state index in [2.05, 4.69) is 0 Å². The zero-order valence-electron chi connectivity index (χ0n) is 13.2. The predicted octanol–water partition coefficient (Wildman–Crippen LogP) is 2.21. The first-order valence-electron chi connectivity index (χ1n) is 7.19. The van der Waals surface area contributed by atoms with Crippen molar-refractivity contribution in [1.82, 2.24) is 4.90 Å². The molecule has 0 aliphatic carbocycles. The molecule has 1 aliphatic heterocycles. The fourth-order valence-electron chi connectivity index (χ4n) is 2.22. The van der Waals surface area contributed by atoms with E-state index in [0.29, 0.717) is 5.75 Å². The number of thioether (sulfide) groups is 1. The molecule has 132 valence electrons. The lowest BCUT2D eigenvalue weighted by Crippen LogP contribution is -2.44. The van der Waals surface area contributed by atoms with Crippen LogP contribution in [0, 0.1) is 0 Å². The third kappa shape index (κ3) is 4.58. The number of amides is 1. The fraction of sp³-hybridized carbons (Fsp3) is 0.250. The molecular weight excluding hydrogens is 366 g/mol. The van der Waals surface area contributed by atoms with Crippen molar-refractivity contribution >= 4 is 52.2 Å². The van der Waals surface area contributed by atoms with Crippen molar-refractivity contribution in [2.45, 2.75) is 18.9 Å². The number of carbonyl (C=O) groups is 3. The summed E-state index contributed by atoms with van der Waals surface area (Å²) in [5.74, 6) is -2.29. The Hall–Kier alpha value is -2.39. The maximum atomic E-state index is 12.5. The number of nitrogens with zero attached hydrogens (tertiary/aromatic N) is 1. The molecule has 2 rings (SSSR count). The Balaban J connectivity index is 2.23. The Morgan fingerprint density at radius 2 is 1.96 bits per heavy atom. The molecule has 2 N–H and O–H groups in total. The van der Waals surface area contributed by atoms with E-state index in [1.165, 1.54) is 0 Å². The van der Waals surface area contributed by atoms with Crippen LogP contribution in [0.4, 0.5) is 0 Å². The van der Waals surface area contributed by atoms with Gasteiger partial charge in [-0.3, -0.25) is 14.5 Å². The fourth-order valence-corrected chi connectivity index (χ4v) is 3.58. The van der Waals surface area contributed by atoms with Crippen molar-refractivity contribution < 1.29 is 29.3 Å². The largest absolute Gasteiger partial charge is 0.497 e. The van der Waals surface area contributed by atoms with E-state index in [-0.39, 0.29) is 22.1 Å². The standard InChI is InChI=1S/C16H15NO6S2/c1-23-10-4-2-9(3-5-10)8-12-14(20)17(16(24)25-12)11(15(21)22)6-7-13(18)19/h2-5,8,11H,6-7H2,1H3,(H,18,19)(H,21,22)/b12-8+. The highest BCUT2D eigenvalue weighted by molar-refractivity contribution is 8.26. The summed E-state index contributed by atoms with van der Waals surface area (Å²) in [6, 6.07) is 5.68. The van der Waals surface area contributed by atoms with E-state index < -0.39 is 23.9 Å². The molecule has 1 amide bonds. The molecule has 1 aliphatic rings. The minimum absolute atomic E-state index is 0.0996. The molecule has 0 saturated carbocycles. The van der Waals surface area contributed by atoms with Gasteiger partial charge in [-0.15, -0.1) is 0 Å². The molecule has 9 heteroatoms. The van der Waals surface area contributed by atoms with Crippen LogP contribution < -0.4 is 4.74 Å². The lowest BCUT2D eigenvalue weighted by molar-refractivity contribution is -0.146. The Bertz CT molecular complexity index is 743. The predicted molar refractivity (Wildman–Crippen MR) is 96.3 cm³/mol. The lowest BCUT2D eigenvalue weighted by atomic mass is 10.1. The molecule has 1 saturated heterocycles. The quantitative estimate of drug-likeness (QED) is 0.547. The lowest BCUT2D eigenvalue weighted by Gasteiger charge is -2.22. The number of methoxy groups -OCH3 is 1. The molecule has 1 heterocycles. The van der Waals surface area contributed by atoms with Crippen LogP contribution in [0.1, 0.15) is 18.4 Å². The van der Waals surface area contributed by atoms with Crippen LogP contribution in [0.5, 0.6) is 5.75 Å². The van der Waals surface area contributed by atoms with Gasteiger partial charge in [-0.2, -0.15) is 0 Å². The summed E-state index contributed by atoms with van der Waals surface area (Å²) >= 11 is 6.12. The number of ether oxygens (including phenoxy) is 1. The van der Waals surface area contributed by atoms with Gasteiger partial charge in [0.1, 0.15) is 16.1 Å². The molecule has 1 aromatic carbocycles. The van der Waals surface area contributed by atoms with Crippen LogP contribution >= 0.6 is 24.0 Å². The van der Waals surface area contributed by atoms with Crippen molar-refractivity contribution in [1.29, 1.82) is 0 Å². The number of hydrogen-bond donors (Lipinski definition) is 2. The highest BCUT2D eigenvalue weighted by Gasteiger charge is 2.40. The van der Waals surface area contributed by atoms with Crippen LogP contribution in [0.15, 0.2) is 29.2 Å². The second-order valence-electron chi connectivity index (χ2n) is 5.11. The van der Waals surface area contributed by atoms with Gasteiger partial charge in [0.05, 0.1) is 12.0 Å². The van der Waals surface area contributed by atoms with Crippen LogP contribution in [0.25, 0.3) is 6.08 Å². The molecular formula is C16H15NO6S2. The number of aliphatic carboxylic acids is 2. The minimum Gasteiger partial charge on any atom is -0.497 e. The van der Waals surface area contributed by atoms with Gasteiger partial charge < -0.3 is 14.9 Å². The summed E-state index contributed by atoms with van der Waals surface area (Å²) in [6.45, 7) is 0. The van der Waals surface area contributed by atoms with E-state index >= 15 is 0 Å². The minimum atomic E-state index is -1.30. The molecule has 0 aromatic heterocycles. The number of rotatable bonds is 7. The average molecular weight is 381 g/mol.